The van der Waals surface area contributed by atoms with E-state index in [9.17, 15) is 9.59 Å². The molecular weight excluding hydrogens is 396 g/mol. The zero-order chi connectivity index (χ0) is 19.9. The first-order valence-electron chi connectivity index (χ1n) is 8.75. The maximum absolute atomic E-state index is 12.1. The first-order chi connectivity index (χ1) is 13.5. The van der Waals surface area contributed by atoms with E-state index in [2.05, 4.69) is 20.6 Å². The molecule has 2 heterocycles. The minimum absolute atomic E-state index is 0.137. The molecule has 0 atom stereocenters. The molecule has 1 aromatic carbocycles. The van der Waals surface area contributed by atoms with Gasteiger partial charge in [0.15, 0.2) is 5.13 Å². The number of hydrogen-bond donors (Lipinski definition) is 2. The summed E-state index contributed by atoms with van der Waals surface area (Å²) < 4.78 is 0. The second-order valence-corrected chi connectivity index (χ2v) is 7.50. The average molecular weight is 415 g/mol. The van der Waals surface area contributed by atoms with Crippen LogP contribution in [0.25, 0.3) is 10.6 Å². The van der Waals surface area contributed by atoms with Crippen LogP contribution in [0.2, 0.25) is 5.02 Å². The molecule has 0 saturated carbocycles. The van der Waals surface area contributed by atoms with Gasteiger partial charge >= 0.3 is 0 Å². The molecule has 0 aliphatic carbocycles. The Kier molecular flexibility index (Phi) is 6.73. The number of thiazole rings is 1. The molecule has 0 unspecified atom stereocenters. The third-order valence-corrected chi connectivity index (χ3v) is 5.26. The van der Waals surface area contributed by atoms with E-state index in [1.165, 1.54) is 11.3 Å². The van der Waals surface area contributed by atoms with Crippen LogP contribution in [0.3, 0.4) is 0 Å². The summed E-state index contributed by atoms with van der Waals surface area (Å²) in [5.41, 5.74) is 2.20. The van der Waals surface area contributed by atoms with Crippen LogP contribution < -0.4 is 10.6 Å². The number of amides is 2. The van der Waals surface area contributed by atoms with Gasteiger partial charge in [0, 0.05) is 29.7 Å². The number of hydrogen-bond acceptors (Lipinski definition) is 5. The zero-order valence-electron chi connectivity index (χ0n) is 15.2. The Hall–Kier alpha value is -2.77. The number of rotatable bonds is 7. The third-order valence-electron chi connectivity index (χ3n) is 3.91. The highest BCUT2D eigenvalue weighted by Gasteiger charge is 2.13. The second-order valence-electron chi connectivity index (χ2n) is 6.06. The van der Waals surface area contributed by atoms with Crippen LogP contribution in [0, 0.1) is 6.92 Å². The number of halogens is 1. The zero-order valence-corrected chi connectivity index (χ0v) is 16.8. The molecule has 0 aliphatic heterocycles. The molecule has 2 amide bonds. The first-order valence-corrected chi connectivity index (χ1v) is 9.95. The molecule has 0 bridgehead atoms. The lowest BCUT2D eigenvalue weighted by atomic mass is 10.2. The highest BCUT2D eigenvalue weighted by atomic mass is 35.5. The van der Waals surface area contributed by atoms with Crippen LogP contribution >= 0.6 is 22.9 Å². The lowest BCUT2D eigenvalue weighted by molar-refractivity contribution is -0.116. The Morgan fingerprint density at radius 2 is 1.93 bits per heavy atom. The van der Waals surface area contributed by atoms with Gasteiger partial charge in [-0.1, -0.05) is 29.0 Å². The molecule has 6 nitrogen and oxygen atoms in total. The maximum Gasteiger partial charge on any atom is 0.251 e. The summed E-state index contributed by atoms with van der Waals surface area (Å²) in [6.07, 6.45) is 2.55. The lowest BCUT2D eigenvalue weighted by Gasteiger charge is -2.05. The number of aromatic nitrogens is 2. The summed E-state index contributed by atoms with van der Waals surface area (Å²) >= 11 is 7.20. The van der Waals surface area contributed by atoms with Crippen molar-refractivity contribution in [3.63, 3.8) is 0 Å². The first kappa shape index (κ1) is 20.0. The molecule has 2 N–H and O–H groups in total. The summed E-state index contributed by atoms with van der Waals surface area (Å²) in [4.78, 5) is 33.8. The molecule has 0 radical (unpaired) electrons. The van der Waals surface area contributed by atoms with Crippen molar-refractivity contribution >= 4 is 39.9 Å². The van der Waals surface area contributed by atoms with Gasteiger partial charge in [-0.15, -0.1) is 0 Å². The number of nitrogens with zero attached hydrogens (tertiary/aromatic N) is 2. The van der Waals surface area contributed by atoms with Crippen molar-refractivity contribution < 1.29 is 9.59 Å². The number of anilines is 1. The molecular formula is C20H19ClN4O2S. The Balaban J connectivity index is 1.45. The van der Waals surface area contributed by atoms with Crippen molar-refractivity contribution in [1.29, 1.82) is 0 Å². The summed E-state index contributed by atoms with van der Waals surface area (Å²) in [6.45, 7) is 2.30. The molecule has 8 heteroatoms. The van der Waals surface area contributed by atoms with E-state index in [4.69, 9.17) is 11.6 Å². The smallest absolute Gasteiger partial charge is 0.251 e. The van der Waals surface area contributed by atoms with E-state index in [1.54, 1.807) is 30.5 Å². The van der Waals surface area contributed by atoms with Gasteiger partial charge in [0.05, 0.1) is 16.3 Å². The van der Waals surface area contributed by atoms with E-state index in [1.807, 2.05) is 25.1 Å². The van der Waals surface area contributed by atoms with Gasteiger partial charge in [-0.2, -0.15) is 0 Å². The monoisotopic (exact) mass is 414 g/mol. The predicted molar refractivity (Wildman–Crippen MR) is 112 cm³/mol. The van der Waals surface area contributed by atoms with Gasteiger partial charge in [-0.3, -0.25) is 14.6 Å². The number of pyridine rings is 1. The van der Waals surface area contributed by atoms with Gasteiger partial charge in [-0.05, 0) is 49.7 Å². The van der Waals surface area contributed by atoms with E-state index in [0.29, 0.717) is 35.1 Å². The fraction of sp³-hybridized carbons (Fsp3) is 0.200. The molecule has 3 aromatic rings. The molecule has 0 fully saturated rings. The van der Waals surface area contributed by atoms with E-state index >= 15 is 0 Å². The topological polar surface area (TPSA) is 84.0 Å². The SMILES string of the molecule is Cc1nc(NC(=O)CCCNC(=O)c2ccc(Cl)cc2)sc1-c1ccccn1. The van der Waals surface area contributed by atoms with Crippen LogP contribution in [0.15, 0.2) is 48.7 Å². The fourth-order valence-corrected chi connectivity index (χ4v) is 3.61. The van der Waals surface area contributed by atoms with Crippen LogP contribution in [0.5, 0.6) is 0 Å². The van der Waals surface area contributed by atoms with Crippen LogP contribution in [-0.2, 0) is 4.79 Å². The third kappa shape index (κ3) is 5.37. The molecule has 2 aromatic heterocycles. The Morgan fingerprint density at radius 3 is 2.64 bits per heavy atom. The molecule has 144 valence electrons. The molecule has 28 heavy (non-hydrogen) atoms. The van der Waals surface area contributed by atoms with Gasteiger partial charge in [0.1, 0.15) is 0 Å². The van der Waals surface area contributed by atoms with Crippen molar-refractivity contribution in [2.45, 2.75) is 19.8 Å². The van der Waals surface area contributed by atoms with Crippen molar-refractivity contribution in [2.24, 2.45) is 0 Å². The number of carbonyl (C=O) groups excluding carboxylic acids is 2. The van der Waals surface area contributed by atoms with Crippen molar-refractivity contribution in [1.82, 2.24) is 15.3 Å². The van der Waals surface area contributed by atoms with Gasteiger partial charge < -0.3 is 10.6 Å². The number of carbonyl (C=O) groups is 2. The van der Waals surface area contributed by atoms with Gasteiger partial charge in [0.2, 0.25) is 5.91 Å². The molecule has 0 spiro atoms. The van der Waals surface area contributed by atoms with Crippen molar-refractivity contribution in [3.8, 4) is 10.6 Å². The van der Waals surface area contributed by atoms with E-state index in [0.717, 1.165) is 16.3 Å². The number of aryl methyl sites for hydroxylation is 1. The van der Waals surface area contributed by atoms with E-state index in [-0.39, 0.29) is 11.8 Å². The lowest BCUT2D eigenvalue weighted by Crippen LogP contribution is -2.25. The number of nitrogens with one attached hydrogen (secondary N) is 2. The summed E-state index contributed by atoms with van der Waals surface area (Å²) in [5, 5.41) is 6.73. The second kappa shape index (κ2) is 9.43. The van der Waals surface area contributed by atoms with E-state index < -0.39 is 0 Å². The maximum atomic E-state index is 12.1. The van der Waals surface area contributed by atoms with Crippen LogP contribution in [-0.4, -0.2) is 28.3 Å². The molecule has 3 rings (SSSR count). The van der Waals surface area contributed by atoms with Gasteiger partial charge in [0.25, 0.3) is 5.91 Å². The highest BCUT2D eigenvalue weighted by Crippen LogP contribution is 2.31. The molecule has 0 aliphatic rings. The predicted octanol–water partition coefficient (Wildman–Crippen LogP) is 4.32. The quantitative estimate of drug-likeness (QED) is 0.564. The summed E-state index contributed by atoms with van der Waals surface area (Å²) in [7, 11) is 0. The standard InChI is InChI=1S/C20H19ClN4O2S/c1-13-18(16-5-2-3-11-22-16)28-20(24-13)25-17(26)6-4-12-23-19(27)14-7-9-15(21)10-8-14/h2-3,5,7-11H,4,6,12H2,1H3,(H,23,27)(H,24,25,26). The van der Waals surface area contributed by atoms with Crippen LogP contribution in [0.1, 0.15) is 28.9 Å². The van der Waals surface area contributed by atoms with Crippen molar-refractivity contribution in [3.05, 3.63) is 64.9 Å². The average Bonchev–Trinajstić information content (AvgIpc) is 3.06. The Morgan fingerprint density at radius 1 is 1.14 bits per heavy atom. The summed E-state index contributed by atoms with van der Waals surface area (Å²) in [6, 6.07) is 12.3. The largest absolute Gasteiger partial charge is 0.352 e. The minimum Gasteiger partial charge on any atom is -0.352 e. The molecule has 0 saturated heterocycles. The minimum atomic E-state index is -0.187. The Labute approximate surface area is 172 Å². The van der Waals surface area contributed by atoms with Crippen molar-refractivity contribution in [2.75, 3.05) is 11.9 Å². The normalized spacial score (nSPS) is 10.5. The van der Waals surface area contributed by atoms with Gasteiger partial charge in [-0.25, -0.2) is 4.98 Å². The number of benzene rings is 1. The summed E-state index contributed by atoms with van der Waals surface area (Å²) in [5.74, 6) is -0.324. The fourth-order valence-electron chi connectivity index (χ4n) is 2.52. The van der Waals surface area contributed by atoms with Crippen LogP contribution in [0.4, 0.5) is 5.13 Å². The highest BCUT2D eigenvalue weighted by molar-refractivity contribution is 7.19. The Bertz CT molecular complexity index is 958.